The molecule has 2 rings (SSSR count). The van der Waals surface area contributed by atoms with Crippen molar-refractivity contribution < 1.29 is 23.1 Å². The summed E-state index contributed by atoms with van der Waals surface area (Å²) in [6, 6.07) is 0.233. The van der Waals surface area contributed by atoms with Gasteiger partial charge in [0.2, 0.25) is 5.91 Å². The van der Waals surface area contributed by atoms with E-state index in [0.717, 1.165) is 0 Å². The van der Waals surface area contributed by atoms with Gasteiger partial charge in [-0.05, 0) is 18.8 Å². The van der Waals surface area contributed by atoms with Crippen molar-refractivity contribution in [3.05, 3.63) is 0 Å². The summed E-state index contributed by atoms with van der Waals surface area (Å²) in [6.45, 7) is 3.59. The minimum absolute atomic E-state index is 0.0122. The number of amides is 1. The van der Waals surface area contributed by atoms with Gasteiger partial charge in [0.05, 0.1) is 17.1 Å². The monoisotopic (exact) mass is 343 g/mol. The van der Waals surface area contributed by atoms with Gasteiger partial charge in [-0.15, -0.1) is 0 Å². The molecule has 9 heteroatoms. The predicted molar refractivity (Wildman–Crippen MR) is 80.8 cm³/mol. The van der Waals surface area contributed by atoms with Crippen LogP contribution in [0, 0.1) is 22.7 Å². The van der Waals surface area contributed by atoms with Crippen LogP contribution in [0.25, 0.3) is 0 Å². The summed E-state index contributed by atoms with van der Waals surface area (Å²) in [7, 11) is -3.43. The zero-order valence-corrected chi connectivity index (χ0v) is 13.9. The number of nitrogens with zero attached hydrogens (tertiary/aromatic N) is 2. The summed E-state index contributed by atoms with van der Waals surface area (Å²) in [6.07, 6.45) is 0.126. The summed E-state index contributed by atoms with van der Waals surface area (Å²) in [5, 5.41) is 17.8. The average Bonchev–Trinajstić information content (AvgIpc) is 2.98. The predicted octanol–water partition coefficient (Wildman–Crippen LogP) is -0.648. The van der Waals surface area contributed by atoms with E-state index in [9.17, 15) is 28.4 Å². The molecule has 1 heterocycles. The molecule has 23 heavy (non-hydrogen) atoms. The van der Waals surface area contributed by atoms with Crippen LogP contribution in [-0.2, 0) is 19.4 Å². The Hall–Kier alpha value is -1.66. The molecule has 2 unspecified atom stereocenters. The second kappa shape index (κ2) is 5.76. The van der Waals surface area contributed by atoms with E-state index in [1.165, 1.54) is 4.90 Å². The van der Waals surface area contributed by atoms with E-state index in [4.69, 9.17) is 5.73 Å². The third kappa shape index (κ3) is 3.05. The Morgan fingerprint density at radius 2 is 2.09 bits per heavy atom. The number of hydrogen-bond donors (Lipinski definition) is 2. The van der Waals surface area contributed by atoms with E-state index in [1.54, 1.807) is 13.8 Å². The number of carbonyl (C=O) groups is 2. The molecule has 0 spiro atoms. The summed E-state index contributed by atoms with van der Waals surface area (Å²) in [4.78, 5) is 24.4. The number of rotatable bonds is 6. The second-order valence-electron chi connectivity index (χ2n) is 6.80. The van der Waals surface area contributed by atoms with Crippen LogP contribution in [0.5, 0.6) is 0 Å². The summed E-state index contributed by atoms with van der Waals surface area (Å²) in [5.74, 6) is -2.00. The molecule has 0 bridgehead atoms. The van der Waals surface area contributed by atoms with Gasteiger partial charge in [0.15, 0.2) is 15.3 Å². The lowest BCUT2D eigenvalue weighted by molar-refractivity contribution is -0.142. The van der Waals surface area contributed by atoms with Crippen LogP contribution in [0.4, 0.5) is 0 Å². The third-order valence-corrected chi connectivity index (χ3v) is 7.11. The van der Waals surface area contributed by atoms with E-state index < -0.39 is 44.5 Å². The van der Waals surface area contributed by atoms with Crippen molar-refractivity contribution in [1.29, 1.82) is 5.26 Å². The minimum atomic E-state index is -3.43. The average molecular weight is 343 g/mol. The van der Waals surface area contributed by atoms with Crippen molar-refractivity contribution in [3.63, 3.8) is 0 Å². The van der Waals surface area contributed by atoms with Gasteiger partial charge < -0.3 is 10.8 Å². The van der Waals surface area contributed by atoms with E-state index >= 15 is 0 Å². The molecular weight excluding hydrogens is 322 g/mol. The van der Waals surface area contributed by atoms with Gasteiger partial charge >= 0.3 is 5.97 Å². The smallest absolute Gasteiger partial charge is 0.320 e. The highest BCUT2D eigenvalue weighted by atomic mass is 32.2. The summed E-state index contributed by atoms with van der Waals surface area (Å²) in [5.41, 5.74) is 3.86. The maximum Gasteiger partial charge on any atom is 0.320 e. The highest BCUT2D eigenvalue weighted by Crippen LogP contribution is 2.51. The van der Waals surface area contributed by atoms with Crippen LogP contribution in [0.2, 0.25) is 0 Å². The fourth-order valence-corrected chi connectivity index (χ4v) is 5.43. The Kier molecular flexibility index (Phi) is 4.43. The van der Waals surface area contributed by atoms with Crippen molar-refractivity contribution in [3.8, 4) is 6.07 Å². The first-order chi connectivity index (χ1) is 10.5. The largest absolute Gasteiger partial charge is 0.480 e. The molecule has 2 aliphatic rings. The number of nitriles is 1. The van der Waals surface area contributed by atoms with Crippen molar-refractivity contribution in [1.82, 2.24) is 4.90 Å². The lowest BCUT2D eigenvalue weighted by Crippen LogP contribution is -2.42. The van der Waals surface area contributed by atoms with E-state index in [-0.39, 0.29) is 31.1 Å². The second-order valence-corrected chi connectivity index (χ2v) is 9.12. The Bertz CT molecular complexity index is 668. The Morgan fingerprint density at radius 3 is 2.48 bits per heavy atom. The summed E-state index contributed by atoms with van der Waals surface area (Å²) < 4.78 is 24.8. The van der Waals surface area contributed by atoms with Crippen molar-refractivity contribution in [2.75, 3.05) is 12.3 Å². The minimum Gasteiger partial charge on any atom is -0.480 e. The molecule has 1 amide bonds. The number of carboxylic acids is 1. The molecule has 8 nitrogen and oxygen atoms in total. The zero-order chi connectivity index (χ0) is 17.6. The van der Waals surface area contributed by atoms with Crippen LogP contribution in [0.3, 0.4) is 0 Å². The van der Waals surface area contributed by atoms with Gasteiger partial charge in [0.25, 0.3) is 0 Å². The maximum absolute atomic E-state index is 12.4. The molecule has 0 aromatic carbocycles. The molecule has 128 valence electrons. The van der Waals surface area contributed by atoms with Gasteiger partial charge in [-0.25, -0.2) is 8.42 Å². The van der Waals surface area contributed by atoms with E-state index in [2.05, 4.69) is 0 Å². The Morgan fingerprint density at radius 1 is 1.48 bits per heavy atom. The van der Waals surface area contributed by atoms with E-state index in [1.807, 2.05) is 6.07 Å². The van der Waals surface area contributed by atoms with Crippen molar-refractivity contribution >= 4 is 21.7 Å². The number of carboxylic acid groups (broad SMARTS) is 1. The standard InChI is InChI=1S/C14H21N3O5S/c1-8(2)6-23(21,22)9-3-10(12(18)19)17(5-9)11-4-14(11,7-15)13(16)20/h8-11H,3-6H2,1-2H3,(H2,16,20)(H,18,19)/t9-,10+,11?,14?/m1/s1. The number of nitrogens with two attached hydrogens (primary N) is 1. The first kappa shape index (κ1) is 17.7. The summed E-state index contributed by atoms with van der Waals surface area (Å²) >= 11 is 0. The topological polar surface area (TPSA) is 142 Å². The van der Waals surface area contributed by atoms with Crippen molar-refractivity contribution in [2.24, 2.45) is 17.1 Å². The van der Waals surface area contributed by atoms with Gasteiger partial charge in [0, 0.05) is 12.6 Å². The molecule has 0 radical (unpaired) electrons. The molecule has 0 aromatic rings. The molecule has 1 aliphatic heterocycles. The molecule has 1 aliphatic carbocycles. The number of sulfone groups is 1. The van der Waals surface area contributed by atoms with Crippen LogP contribution >= 0.6 is 0 Å². The zero-order valence-electron chi connectivity index (χ0n) is 13.1. The van der Waals surface area contributed by atoms with Crippen LogP contribution in [0.15, 0.2) is 0 Å². The molecular formula is C14H21N3O5S. The number of likely N-dealkylation sites (tertiary alicyclic amines) is 1. The number of carbonyl (C=O) groups excluding carboxylic acids is 1. The maximum atomic E-state index is 12.4. The third-order valence-electron chi connectivity index (χ3n) is 4.62. The Balaban J connectivity index is 2.23. The quantitative estimate of drug-likeness (QED) is 0.652. The molecule has 4 atom stereocenters. The van der Waals surface area contributed by atoms with Crippen LogP contribution < -0.4 is 5.73 Å². The molecule has 2 fully saturated rings. The number of hydrogen-bond acceptors (Lipinski definition) is 6. The highest BCUT2D eigenvalue weighted by molar-refractivity contribution is 7.92. The van der Waals surface area contributed by atoms with E-state index in [0.29, 0.717) is 0 Å². The Labute approximate surface area is 135 Å². The fourth-order valence-electron chi connectivity index (χ4n) is 3.36. The van der Waals surface area contributed by atoms with Gasteiger partial charge in [-0.3, -0.25) is 14.5 Å². The SMILES string of the molecule is CC(C)CS(=O)(=O)[C@@H]1C[C@@H](C(=O)O)N(C2CC2(C#N)C(N)=O)C1. The van der Waals surface area contributed by atoms with Gasteiger partial charge in [-0.1, -0.05) is 13.8 Å². The van der Waals surface area contributed by atoms with Crippen molar-refractivity contribution in [2.45, 2.75) is 44.0 Å². The lowest BCUT2D eigenvalue weighted by atomic mass is 10.1. The lowest BCUT2D eigenvalue weighted by Gasteiger charge is -2.22. The first-order valence-electron chi connectivity index (χ1n) is 7.46. The number of aliphatic carboxylic acids is 1. The van der Waals surface area contributed by atoms with Crippen LogP contribution in [-0.4, -0.2) is 59.9 Å². The highest BCUT2D eigenvalue weighted by Gasteiger charge is 2.65. The molecule has 3 N–H and O–H groups in total. The van der Waals surface area contributed by atoms with Gasteiger partial charge in [0.1, 0.15) is 6.04 Å². The van der Waals surface area contributed by atoms with Crippen LogP contribution in [0.1, 0.15) is 26.7 Å². The number of primary amides is 1. The molecule has 1 saturated carbocycles. The molecule has 0 aromatic heterocycles. The fraction of sp³-hybridized carbons (Fsp3) is 0.786. The first-order valence-corrected chi connectivity index (χ1v) is 9.18. The molecule has 1 saturated heterocycles. The van der Waals surface area contributed by atoms with Gasteiger partial charge in [-0.2, -0.15) is 5.26 Å². The normalized spacial score (nSPS) is 34.3.